The van der Waals surface area contributed by atoms with E-state index in [1.165, 1.54) is 16.4 Å². The van der Waals surface area contributed by atoms with E-state index in [-0.39, 0.29) is 15.4 Å². The van der Waals surface area contributed by atoms with Gasteiger partial charge in [0.1, 0.15) is 5.82 Å². The van der Waals surface area contributed by atoms with Gasteiger partial charge in [-0.25, -0.2) is 12.8 Å². The number of halogens is 2. The van der Waals surface area contributed by atoms with Crippen molar-refractivity contribution < 1.29 is 12.8 Å². The van der Waals surface area contributed by atoms with Crippen LogP contribution in [0.4, 0.5) is 4.39 Å². The first-order chi connectivity index (χ1) is 8.41. The predicted molar refractivity (Wildman–Crippen MR) is 70.3 cm³/mol. The van der Waals surface area contributed by atoms with Gasteiger partial charge in [0.15, 0.2) is 0 Å². The maximum atomic E-state index is 13.4. The van der Waals surface area contributed by atoms with Crippen LogP contribution in [-0.2, 0) is 10.0 Å². The normalized spacial score (nSPS) is 22.1. The van der Waals surface area contributed by atoms with Crippen molar-refractivity contribution >= 4 is 26.0 Å². The number of sulfonamides is 1. The molecule has 1 aromatic carbocycles. The van der Waals surface area contributed by atoms with Crippen molar-refractivity contribution in [1.29, 1.82) is 0 Å². The van der Waals surface area contributed by atoms with E-state index in [1.54, 1.807) is 0 Å². The van der Waals surface area contributed by atoms with Gasteiger partial charge in [-0.15, -0.1) is 0 Å². The van der Waals surface area contributed by atoms with Gasteiger partial charge in [0, 0.05) is 25.7 Å². The minimum Gasteiger partial charge on any atom is -0.312 e. The summed E-state index contributed by atoms with van der Waals surface area (Å²) in [5, 5.41) is 3.17. The number of rotatable bonds is 2. The molecule has 0 spiro atoms. The molecule has 0 bridgehead atoms. The van der Waals surface area contributed by atoms with Crippen LogP contribution in [0.25, 0.3) is 0 Å². The maximum absolute atomic E-state index is 13.4. The van der Waals surface area contributed by atoms with E-state index in [2.05, 4.69) is 21.2 Å². The van der Waals surface area contributed by atoms with Crippen LogP contribution in [0.1, 0.15) is 6.92 Å². The third-order valence-corrected chi connectivity index (χ3v) is 5.36. The zero-order valence-electron chi connectivity index (χ0n) is 9.86. The molecular formula is C11H14BrFN2O2S. The van der Waals surface area contributed by atoms with Crippen LogP contribution in [0.5, 0.6) is 0 Å². The van der Waals surface area contributed by atoms with E-state index >= 15 is 0 Å². The number of nitrogens with one attached hydrogen (secondary N) is 1. The molecule has 1 aromatic rings. The Morgan fingerprint density at radius 3 is 2.83 bits per heavy atom. The van der Waals surface area contributed by atoms with Gasteiger partial charge in [-0.3, -0.25) is 0 Å². The highest BCUT2D eigenvalue weighted by molar-refractivity contribution is 9.10. The van der Waals surface area contributed by atoms with Crippen LogP contribution in [-0.4, -0.2) is 38.4 Å². The van der Waals surface area contributed by atoms with Crippen molar-refractivity contribution in [2.24, 2.45) is 0 Å². The summed E-state index contributed by atoms with van der Waals surface area (Å²) >= 11 is 3.01. The first kappa shape index (κ1) is 13.9. The van der Waals surface area contributed by atoms with Gasteiger partial charge in [0.05, 0.1) is 9.37 Å². The molecule has 1 atom stereocenters. The van der Waals surface area contributed by atoms with Crippen LogP contribution in [0.2, 0.25) is 0 Å². The quantitative estimate of drug-likeness (QED) is 0.891. The third-order valence-electron chi connectivity index (χ3n) is 2.86. The van der Waals surface area contributed by atoms with Gasteiger partial charge < -0.3 is 5.32 Å². The number of piperazine rings is 1. The van der Waals surface area contributed by atoms with Gasteiger partial charge in [-0.2, -0.15) is 4.31 Å². The van der Waals surface area contributed by atoms with E-state index in [4.69, 9.17) is 0 Å². The van der Waals surface area contributed by atoms with Gasteiger partial charge >= 0.3 is 0 Å². The van der Waals surface area contributed by atoms with Crippen LogP contribution in [0.15, 0.2) is 27.6 Å². The highest BCUT2D eigenvalue weighted by Crippen LogP contribution is 2.22. The average Bonchev–Trinajstić information content (AvgIpc) is 2.32. The molecule has 0 aromatic heterocycles. The molecule has 1 N–H and O–H groups in total. The molecule has 0 aliphatic carbocycles. The van der Waals surface area contributed by atoms with E-state index in [1.807, 2.05) is 6.92 Å². The van der Waals surface area contributed by atoms with E-state index in [9.17, 15) is 12.8 Å². The molecule has 7 heteroatoms. The minimum atomic E-state index is -3.60. The van der Waals surface area contributed by atoms with Crippen molar-refractivity contribution in [1.82, 2.24) is 9.62 Å². The van der Waals surface area contributed by atoms with Gasteiger partial charge in [-0.1, -0.05) is 0 Å². The van der Waals surface area contributed by atoms with Crippen LogP contribution < -0.4 is 5.32 Å². The fourth-order valence-electron chi connectivity index (χ4n) is 1.90. The molecule has 2 rings (SSSR count). The fraction of sp³-hybridized carbons (Fsp3) is 0.455. The minimum absolute atomic E-state index is 0.00250. The summed E-state index contributed by atoms with van der Waals surface area (Å²) in [6.07, 6.45) is 0. The maximum Gasteiger partial charge on any atom is 0.243 e. The standard InChI is InChI=1S/C11H14BrFN2O2S/c1-8-7-15(5-4-14-8)18(16,17)9-2-3-10(12)11(13)6-9/h2-3,6,8,14H,4-5,7H2,1H3. The van der Waals surface area contributed by atoms with Gasteiger partial charge in [0.25, 0.3) is 0 Å². The fourth-order valence-corrected chi connectivity index (χ4v) is 3.69. The molecule has 1 aliphatic heterocycles. The lowest BCUT2D eigenvalue weighted by molar-refractivity contribution is 0.310. The lowest BCUT2D eigenvalue weighted by Gasteiger charge is -2.31. The molecule has 1 saturated heterocycles. The zero-order valence-corrected chi connectivity index (χ0v) is 12.3. The SMILES string of the molecule is CC1CN(S(=O)(=O)c2ccc(Br)c(F)c2)CCN1. The molecule has 1 aliphatic rings. The van der Waals surface area contributed by atoms with Gasteiger partial charge in [-0.05, 0) is 41.1 Å². The lowest BCUT2D eigenvalue weighted by atomic mass is 10.3. The molecule has 0 saturated carbocycles. The van der Waals surface area contributed by atoms with Crippen molar-refractivity contribution in [2.45, 2.75) is 17.9 Å². The number of hydrogen-bond acceptors (Lipinski definition) is 3. The Balaban J connectivity index is 2.32. The predicted octanol–water partition coefficient (Wildman–Crippen LogP) is 1.57. The van der Waals surface area contributed by atoms with Crippen molar-refractivity contribution in [3.05, 3.63) is 28.5 Å². The Kier molecular flexibility index (Phi) is 4.05. The zero-order chi connectivity index (χ0) is 13.3. The highest BCUT2D eigenvalue weighted by Gasteiger charge is 2.28. The molecule has 0 radical (unpaired) electrons. The molecule has 100 valence electrons. The molecule has 1 fully saturated rings. The van der Waals surface area contributed by atoms with E-state index in [0.717, 1.165) is 6.07 Å². The smallest absolute Gasteiger partial charge is 0.243 e. The molecule has 18 heavy (non-hydrogen) atoms. The third kappa shape index (κ3) is 2.74. The van der Waals surface area contributed by atoms with E-state index in [0.29, 0.717) is 19.6 Å². The largest absolute Gasteiger partial charge is 0.312 e. The molecule has 0 amide bonds. The monoisotopic (exact) mass is 336 g/mol. The van der Waals surface area contributed by atoms with Crippen molar-refractivity contribution in [3.63, 3.8) is 0 Å². The first-order valence-electron chi connectivity index (χ1n) is 5.60. The second-order valence-corrected chi connectivity index (χ2v) is 7.09. The van der Waals surface area contributed by atoms with Crippen molar-refractivity contribution in [2.75, 3.05) is 19.6 Å². The molecule has 1 unspecified atom stereocenters. The number of benzene rings is 1. The van der Waals surface area contributed by atoms with Crippen molar-refractivity contribution in [3.8, 4) is 0 Å². The van der Waals surface area contributed by atoms with Gasteiger partial charge in [0.2, 0.25) is 10.0 Å². The van der Waals surface area contributed by atoms with Crippen LogP contribution in [0.3, 0.4) is 0 Å². The molecular weight excluding hydrogens is 323 g/mol. The number of hydrogen-bond donors (Lipinski definition) is 1. The summed E-state index contributed by atoms with van der Waals surface area (Å²) < 4.78 is 39.7. The summed E-state index contributed by atoms with van der Waals surface area (Å²) in [6, 6.07) is 3.98. The second-order valence-electron chi connectivity index (χ2n) is 4.29. The Morgan fingerprint density at radius 2 is 2.22 bits per heavy atom. The van der Waals surface area contributed by atoms with E-state index < -0.39 is 15.8 Å². The highest BCUT2D eigenvalue weighted by atomic mass is 79.9. The van der Waals surface area contributed by atoms with Crippen LogP contribution in [0, 0.1) is 5.82 Å². The lowest BCUT2D eigenvalue weighted by Crippen LogP contribution is -2.51. The summed E-state index contributed by atoms with van der Waals surface area (Å²) in [7, 11) is -3.60. The average molecular weight is 337 g/mol. The summed E-state index contributed by atoms with van der Waals surface area (Å²) in [4.78, 5) is -0.00250. The first-order valence-corrected chi connectivity index (χ1v) is 7.83. The Morgan fingerprint density at radius 1 is 1.50 bits per heavy atom. The Labute approximate surface area is 114 Å². The topological polar surface area (TPSA) is 49.4 Å². The number of nitrogens with zero attached hydrogens (tertiary/aromatic N) is 1. The molecule has 1 heterocycles. The summed E-state index contributed by atoms with van der Waals surface area (Å²) in [5.41, 5.74) is 0. The Bertz CT molecular complexity index is 550. The second kappa shape index (κ2) is 5.24. The summed E-state index contributed by atoms with van der Waals surface area (Å²) in [5.74, 6) is -0.570. The molecule has 4 nitrogen and oxygen atoms in total. The Hall–Kier alpha value is -0.500. The van der Waals surface area contributed by atoms with Crippen LogP contribution >= 0.6 is 15.9 Å². The summed E-state index contributed by atoms with van der Waals surface area (Å²) in [6.45, 7) is 3.34.